The summed E-state index contributed by atoms with van der Waals surface area (Å²) < 4.78 is 1.83. The Hall–Kier alpha value is -2.41. The number of carbonyl (C=O) groups is 1. The molecule has 2 aromatic rings. The van der Waals surface area contributed by atoms with Crippen molar-refractivity contribution in [1.82, 2.24) is 4.57 Å². The molecule has 0 amide bonds. The fourth-order valence-corrected chi connectivity index (χ4v) is 2.62. The lowest BCUT2D eigenvalue weighted by Crippen LogP contribution is -2.32. The smallest absolute Gasteiger partial charge is 0.320 e. The number of aromatic nitrogens is 1. The van der Waals surface area contributed by atoms with Crippen LogP contribution in [-0.4, -0.2) is 26.6 Å². The zero-order valence-corrected chi connectivity index (χ0v) is 12.1. The first-order valence-electron chi connectivity index (χ1n) is 6.46. The first kappa shape index (κ1) is 15.0. The van der Waals surface area contributed by atoms with Crippen LogP contribution in [0.3, 0.4) is 0 Å². The molecule has 0 aliphatic carbocycles. The van der Waals surface area contributed by atoms with E-state index in [4.69, 9.17) is 10.8 Å². The molecule has 1 atom stereocenters. The Morgan fingerprint density at radius 2 is 2.10 bits per heavy atom. The van der Waals surface area contributed by atoms with Gasteiger partial charge in [0.15, 0.2) is 0 Å². The topological polar surface area (TPSA) is 111 Å². The van der Waals surface area contributed by atoms with Crippen molar-refractivity contribution < 1.29 is 14.8 Å². The van der Waals surface area contributed by atoms with E-state index in [0.29, 0.717) is 22.0 Å². The Morgan fingerprint density at radius 3 is 2.62 bits per heavy atom. The normalized spacial score (nSPS) is 12.6. The predicted molar refractivity (Wildman–Crippen MR) is 78.4 cm³/mol. The van der Waals surface area contributed by atoms with Gasteiger partial charge in [-0.3, -0.25) is 14.9 Å². The largest absolute Gasteiger partial charge is 0.480 e. The van der Waals surface area contributed by atoms with Crippen molar-refractivity contribution in [2.24, 2.45) is 12.8 Å². The van der Waals surface area contributed by atoms with E-state index in [0.717, 1.165) is 5.69 Å². The number of carboxylic acid groups (broad SMARTS) is 1. The summed E-state index contributed by atoms with van der Waals surface area (Å²) in [4.78, 5) is 21.9. The zero-order valence-electron chi connectivity index (χ0n) is 12.1. The molecule has 1 unspecified atom stereocenters. The van der Waals surface area contributed by atoms with Crippen LogP contribution in [0.5, 0.6) is 0 Å². The van der Waals surface area contributed by atoms with Crippen molar-refractivity contribution in [2.75, 3.05) is 0 Å². The number of hydrogen-bond acceptors (Lipinski definition) is 4. The third-order valence-electron chi connectivity index (χ3n) is 3.88. The van der Waals surface area contributed by atoms with Gasteiger partial charge in [-0.05, 0) is 25.5 Å². The van der Waals surface area contributed by atoms with Gasteiger partial charge in [-0.15, -0.1) is 0 Å². The molecule has 0 saturated heterocycles. The lowest BCUT2D eigenvalue weighted by molar-refractivity contribution is -0.383. The molecule has 0 radical (unpaired) electrons. The monoisotopic (exact) mass is 291 g/mol. The van der Waals surface area contributed by atoms with E-state index < -0.39 is 16.9 Å². The molecule has 1 aromatic carbocycles. The van der Waals surface area contributed by atoms with Gasteiger partial charge < -0.3 is 15.4 Å². The summed E-state index contributed by atoms with van der Waals surface area (Å²) in [5.74, 6) is -1.12. The molecular weight excluding hydrogens is 274 g/mol. The maximum Gasteiger partial charge on any atom is 0.320 e. The lowest BCUT2D eigenvalue weighted by atomic mass is 10.00. The molecule has 0 aliphatic heterocycles. The number of nitrogens with two attached hydrogens (primary N) is 1. The number of rotatable bonds is 4. The molecule has 0 bridgehead atoms. The van der Waals surface area contributed by atoms with Gasteiger partial charge in [0.1, 0.15) is 6.04 Å². The van der Waals surface area contributed by atoms with Crippen LogP contribution in [0.4, 0.5) is 5.69 Å². The second kappa shape index (κ2) is 5.17. The summed E-state index contributed by atoms with van der Waals surface area (Å²) in [6.45, 7) is 3.48. The Morgan fingerprint density at radius 1 is 1.48 bits per heavy atom. The molecule has 0 aliphatic rings. The summed E-state index contributed by atoms with van der Waals surface area (Å²) in [7, 11) is 1.80. The minimum atomic E-state index is -1.12. The van der Waals surface area contributed by atoms with Gasteiger partial charge in [0.2, 0.25) is 0 Å². The molecule has 7 heteroatoms. The van der Waals surface area contributed by atoms with Crippen LogP contribution in [0.2, 0.25) is 0 Å². The van der Waals surface area contributed by atoms with E-state index in [2.05, 4.69) is 0 Å². The molecule has 2 rings (SSSR count). The van der Waals surface area contributed by atoms with Gasteiger partial charge in [0, 0.05) is 24.7 Å². The Bertz CT molecular complexity index is 748. The van der Waals surface area contributed by atoms with Crippen LogP contribution >= 0.6 is 0 Å². The van der Waals surface area contributed by atoms with Crippen LogP contribution in [0, 0.1) is 24.0 Å². The number of benzene rings is 1. The quantitative estimate of drug-likeness (QED) is 0.657. The van der Waals surface area contributed by atoms with Crippen molar-refractivity contribution in [3.8, 4) is 0 Å². The summed E-state index contributed by atoms with van der Waals surface area (Å²) in [6, 6.07) is 2.41. The molecule has 21 heavy (non-hydrogen) atoms. The number of aliphatic carboxylic acids is 1. The molecule has 112 valence electrons. The molecule has 3 N–H and O–H groups in total. The number of nitrogens with zero attached hydrogens (tertiary/aromatic N) is 2. The van der Waals surface area contributed by atoms with E-state index in [1.165, 1.54) is 0 Å². The van der Waals surface area contributed by atoms with E-state index in [9.17, 15) is 14.9 Å². The maximum absolute atomic E-state index is 11.4. The average Bonchev–Trinajstić information content (AvgIpc) is 2.63. The van der Waals surface area contributed by atoms with Crippen LogP contribution in [0.25, 0.3) is 10.9 Å². The Labute approximate surface area is 121 Å². The highest BCUT2D eigenvalue weighted by Crippen LogP contribution is 2.35. The minimum Gasteiger partial charge on any atom is -0.480 e. The van der Waals surface area contributed by atoms with Crippen molar-refractivity contribution in [2.45, 2.75) is 26.3 Å². The second-order valence-corrected chi connectivity index (χ2v) is 5.15. The van der Waals surface area contributed by atoms with Crippen molar-refractivity contribution in [3.63, 3.8) is 0 Å². The van der Waals surface area contributed by atoms with Crippen molar-refractivity contribution in [1.29, 1.82) is 0 Å². The SMILES string of the molecule is Cc1ccc2c(c(CC(N)C(=O)O)c(C)n2C)c1[N+](=O)[O-]. The van der Waals surface area contributed by atoms with Crippen molar-refractivity contribution >= 4 is 22.6 Å². The zero-order chi connectivity index (χ0) is 15.9. The summed E-state index contributed by atoms with van der Waals surface area (Å²) >= 11 is 0. The molecule has 1 aromatic heterocycles. The number of hydrogen-bond donors (Lipinski definition) is 2. The van der Waals surface area contributed by atoms with Crippen molar-refractivity contribution in [3.05, 3.63) is 39.1 Å². The fraction of sp³-hybridized carbons (Fsp3) is 0.357. The highest BCUT2D eigenvalue weighted by atomic mass is 16.6. The lowest BCUT2D eigenvalue weighted by Gasteiger charge is -2.07. The average molecular weight is 291 g/mol. The van der Waals surface area contributed by atoms with Gasteiger partial charge in [0.05, 0.1) is 15.8 Å². The standard InChI is InChI=1S/C14H17N3O4/c1-7-4-5-11-12(13(7)17(20)21)9(8(2)16(11)3)6-10(15)14(18)19/h4-5,10H,6,15H2,1-3H3,(H,18,19). The Kier molecular flexibility index (Phi) is 3.69. The number of carboxylic acids is 1. The summed E-state index contributed by atoms with van der Waals surface area (Å²) in [5, 5.41) is 20.8. The molecular formula is C14H17N3O4. The first-order chi connectivity index (χ1) is 9.75. The molecule has 0 fully saturated rings. The highest BCUT2D eigenvalue weighted by molar-refractivity contribution is 5.95. The number of fused-ring (bicyclic) bond motifs is 1. The van der Waals surface area contributed by atoms with Crippen LogP contribution in [0.15, 0.2) is 12.1 Å². The highest BCUT2D eigenvalue weighted by Gasteiger charge is 2.26. The predicted octanol–water partition coefficient (Wildman–Crippen LogP) is 1.66. The number of nitro groups is 1. The maximum atomic E-state index is 11.4. The van der Waals surface area contributed by atoms with Gasteiger partial charge in [-0.1, -0.05) is 6.07 Å². The fourth-order valence-electron chi connectivity index (χ4n) is 2.62. The van der Waals surface area contributed by atoms with Gasteiger partial charge >= 0.3 is 5.97 Å². The van der Waals surface area contributed by atoms with E-state index in [1.54, 1.807) is 26.1 Å². The molecule has 7 nitrogen and oxygen atoms in total. The molecule has 1 heterocycles. The van der Waals surface area contributed by atoms with Gasteiger partial charge in [-0.25, -0.2) is 0 Å². The summed E-state index contributed by atoms with van der Waals surface area (Å²) in [6.07, 6.45) is 0.0583. The van der Waals surface area contributed by atoms with E-state index in [1.807, 2.05) is 11.5 Å². The van der Waals surface area contributed by atoms with Gasteiger partial charge in [-0.2, -0.15) is 0 Å². The van der Waals surface area contributed by atoms with Gasteiger partial charge in [0.25, 0.3) is 5.69 Å². The summed E-state index contributed by atoms with van der Waals surface area (Å²) in [5.41, 5.74) is 8.28. The number of nitro benzene ring substituents is 1. The van der Waals surface area contributed by atoms with E-state index >= 15 is 0 Å². The third kappa shape index (κ3) is 2.36. The second-order valence-electron chi connectivity index (χ2n) is 5.15. The van der Waals surface area contributed by atoms with Crippen LogP contribution in [0.1, 0.15) is 16.8 Å². The first-order valence-corrected chi connectivity index (χ1v) is 6.46. The molecule has 0 saturated carbocycles. The minimum absolute atomic E-state index is 0.0174. The third-order valence-corrected chi connectivity index (χ3v) is 3.88. The Balaban J connectivity index is 2.80. The van der Waals surface area contributed by atoms with Crippen LogP contribution in [-0.2, 0) is 18.3 Å². The number of aryl methyl sites for hydroxylation is 2. The molecule has 0 spiro atoms. The van der Waals surface area contributed by atoms with E-state index in [-0.39, 0.29) is 12.1 Å². The van der Waals surface area contributed by atoms with Crippen LogP contribution < -0.4 is 5.73 Å².